The first-order valence-electron chi connectivity index (χ1n) is 10.2. The quantitative estimate of drug-likeness (QED) is 0.815. The topological polar surface area (TPSA) is 36.5 Å². The molecule has 140 valence electrons. The molecule has 2 N–H and O–H groups in total. The van der Waals surface area contributed by atoms with Crippen LogP contribution in [0.15, 0.2) is 17.5 Å². The summed E-state index contributed by atoms with van der Waals surface area (Å²) in [7, 11) is 0. The molecule has 1 aromatic heterocycles. The minimum atomic E-state index is 0.565. The van der Waals surface area contributed by atoms with Gasteiger partial charge in [-0.25, -0.2) is 0 Å². The van der Waals surface area contributed by atoms with Gasteiger partial charge in [-0.1, -0.05) is 12.5 Å². The molecule has 0 bridgehead atoms. The maximum absolute atomic E-state index is 5.71. The lowest BCUT2D eigenvalue weighted by Gasteiger charge is -2.36. The Morgan fingerprint density at radius 3 is 3.12 bits per heavy atom. The second-order valence-electron chi connectivity index (χ2n) is 8.07. The Hall–Kier alpha value is -0.460. The molecule has 3 fully saturated rings. The van der Waals surface area contributed by atoms with Crippen molar-refractivity contribution in [3.63, 3.8) is 0 Å². The van der Waals surface area contributed by atoms with Crippen LogP contribution in [0.3, 0.4) is 0 Å². The minimum Gasteiger partial charge on any atom is -0.379 e. The van der Waals surface area contributed by atoms with Gasteiger partial charge in [0.1, 0.15) is 0 Å². The van der Waals surface area contributed by atoms with Crippen molar-refractivity contribution in [2.24, 2.45) is 11.8 Å². The van der Waals surface area contributed by atoms with Crippen molar-refractivity contribution in [2.75, 3.05) is 39.4 Å². The highest BCUT2D eigenvalue weighted by molar-refractivity contribution is 7.09. The summed E-state index contributed by atoms with van der Waals surface area (Å²) in [6.45, 7) is 7.66. The van der Waals surface area contributed by atoms with E-state index in [9.17, 15) is 0 Å². The zero-order valence-electron chi connectivity index (χ0n) is 15.3. The summed E-state index contributed by atoms with van der Waals surface area (Å²) in [5, 5.41) is 9.84. The van der Waals surface area contributed by atoms with Crippen LogP contribution in [-0.4, -0.2) is 56.4 Å². The maximum atomic E-state index is 5.71. The van der Waals surface area contributed by atoms with Crippen LogP contribution < -0.4 is 10.6 Å². The van der Waals surface area contributed by atoms with Crippen LogP contribution in [0.4, 0.5) is 0 Å². The minimum absolute atomic E-state index is 0.565. The van der Waals surface area contributed by atoms with Gasteiger partial charge in [0.05, 0.1) is 13.2 Å². The molecule has 4 nitrogen and oxygen atoms in total. The predicted molar refractivity (Wildman–Crippen MR) is 104 cm³/mol. The Morgan fingerprint density at radius 2 is 2.28 bits per heavy atom. The average molecular weight is 364 g/mol. The van der Waals surface area contributed by atoms with Gasteiger partial charge in [0, 0.05) is 36.6 Å². The Bertz CT molecular complexity index is 503. The lowest BCUT2D eigenvalue weighted by atomic mass is 9.92. The molecular formula is C20H33N3OS. The van der Waals surface area contributed by atoms with Crippen LogP contribution in [0.25, 0.3) is 0 Å². The van der Waals surface area contributed by atoms with Crippen LogP contribution in [0, 0.1) is 11.8 Å². The molecule has 1 aliphatic carbocycles. The van der Waals surface area contributed by atoms with Crippen LogP contribution >= 0.6 is 11.3 Å². The van der Waals surface area contributed by atoms with E-state index in [4.69, 9.17) is 4.74 Å². The highest BCUT2D eigenvalue weighted by atomic mass is 32.1. The number of morpholine rings is 1. The number of hydrogen-bond acceptors (Lipinski definition) is 5. The van der Waals surface area contributed by atoms with Crippen molar-refractivity contribution in [3.05, 3.63) is 22.4 Å². The fourth-order valence-electron chi connectivity index (χ4n) is 4.99. The summed E-state index contributed by atoms with van der Waals surface area (Å²) in [5.41, 5.74) is 0. The summed E-state index contributed by atoms with van der Waals surface area (Å²) in [6.07, 6.45) is 6.80. The first kappa shape index (κ1) is 17.9. The predicted octanol–water partition coefficient (Wildman–Crippen LogP) is 2.71. The third kappa shape index (κ3) is 4.83. The second kappa shape index (κ2) is 8.96. The number of rotatable bonds is 6. The molecule has 0 radical (unpaired) electrons. The Balaban J connectivity index is 1.24. The Labute approximate surface area is 156 Å². The van der Waals surface area contributed by atoms with E-state index in [1.807, 2.05) is 11.3 Å². The number of thiophene rings is 1. The number of nitrogens with zero attached hydrogens (tertiary/aromatic N) is 1. The van der Waals surface area contributed by atoms with Crippen molar-refractivity contribution < 1.29 is 4.74 Å². The van der Waals surface area contributed by atoms with Gasteiger partial charge in [-0.3, -0.25) is 4.90 Å². The van der Waals surface area contributed by atoms with Crippen molar-refractivity contribution in [3.8, 4) is 0 Å². The van der Waals surface area contributed by atoms with Gasteiger partial charge in [0.2, 0.25) is 0 Å². The average Bonchev–Trinajstić information content (AvgIpc) is 3.33. The highest BCUT2D eigenvalue weighted by Crippen LogP contribution is 2.30. The lowest BCUT2D eigenvalue weighted by molar-refractivity contribution is 0.0518. The van der Waals surface area contributed by atoms with Crippen molar-refractivity contribution in [2.45, 2.75) is 50.7 Å². The molecule has 5 heteroatoms. The summed E-state index contributed by atoms with van der Waals surface area (Å²) in [4.78, 5) is 4.16. The molecule has 2 saturated heterocycles. The first-order valence-corrected chi connectivity index (χ1v) is 11.1. The van der Waals surface area contributed by atoms with Gasteiger partial charge >= 0.3 is 0 Å². The van der Waals surface area contributed by atoms with E-state index < -0.39 is 0 Å². The number of ether oxygens (including phenoxy) is 1. The number of likely N-dealkylation sites (tertiary alicyclic amines) is 1. The van der Waals surface area contributed by atoms with E-state index in [0.717, 1.165) is 38.1 Å². The first-order chi connectivity index (χ1) is 12.4. The maximum Gasteiger partial charge on any atom is 0.0623 e. The summed E-state index contributed by atoms with van der Waals surface area (Å²) < 4.78 is 5.71. The van der Waals surface area contributed by atoms with E-state index >= 15 is 0 Å². The standard InChI is InChI=1S/C20H33N3OS/c1-6-18(20-15-24-10-8-21-20)19(7-1)22-12-16-4-2-9-23(13-16)14-17-5-3-11-25-17/h3,5,11,16,18-22H,1-2,4,6-10,12-15H2. The molecule has 3 aliphatic rings. The summed E-state index contributed by atoms with van der Waals surface area (Å²) >= 11 is 1.89. The zero-order chi connectivity index (χ0) is 16.9. The third-order valence-electron chi connectivity index (χ3n) is 6.27. The molecule has 3 heterocycles. The molecule has 1 aromatic rings. The highest BCUT2D eigenvalue weighted by Gasteiger charge is 2.34. The van der Waals surface area contributed by atoms with Crippen LogP contribution in [0.1, 0.15) is 37.0 Å². The largest absolute Gasteiger partial charge is 0.379 e. The van der Waals surface area contributed by atoms with Crippen molar-refractivity contribution >= 4 is 11.3 Å². The van der Waals surface area contributed by atoms with Crippen molar-refractivity contribution in [1.82, 2.24) is 15.5 Å². The molecule has 25 heavy (non-hydrogen) atoms. The molecule has 2 aliphatic heterocycles. The SMILES string of the molecule is c1csc(CN2CCCC(CNC3CCCC3C3COCCN3)C2)c1. The van der Waals surface area contributed by atoms with Gasteiger partial charge in [-0.15, -0.1) is 11.3 Å². The summed E-state index contributed by atoms with van der Waals surface area (Å²) in [6, 6.07) is 5.70. The van der Waals surface area contributed by atoms with Crippen LogP contribution in [0.2, 0.25) is 0 Å². The van der Waals surface area contributed by atoms with Crippen LogP contribution in [0.5, 0.6) is 0 Å². The van der Waals surface area contributed by atoms with Gasteiger partial charge < -0.3 is 15.4 Å². The van der Waals surface area contributed by atoms with E-state index in [0.29, 0.717) is 12.1 Å². The molecule has 4 atom stereocenters. The van der Waals surface area contributed by atoms with E-state index in [1.54, 1.807) is 0 Å². The molecule has 0 amide bonds. The number of hydrogen-bond donors (Lipinski definition) is 2. The van der Waals surface area contributed by atoms with Gasteiger partial charge in [0.25, 0.3) is 0 Å². The molecule has 0 aromatic carbocycles. The van der Waals surface area contributed by atoms with Crippen LogP contribution in [-0.2, 0) is 11.3 Å². The van der Waals surface area contributed by atoms with Crippen molar-refractivity contribution in [1.29, 1.82) is 0 Å². The van der Waals surface area contributed by atoms with Gasteiger partial charge in [-0.05, 0) is 62.1 Å². The molecular weight excluding hydrogens is 330 g/mol. The van der Waals surface area contributed by atoms with E-state index in [1.165, 1.54) is 56.6 Å². The molecule has 0 spiro atoms. The van der Waals surface area contributed by atoms with E-state index in [-0.39, 0.29) is 0 Å². The third-order valence-corrected chi connectivity index (χ3v) is 7.13. The molecule has 1 saturated carbocycles. The Kier molecular flexibility index (Phi) is 6.42. The second-order valence-corrected chi connectivity index (χ2v) is 9.10. The lowest BCUT2D eigenvalue weighted by Crippen LogP contribution is -2.51. The smallest absolute Gasteiger partial charge is 0.0623 e. The fraction of sp³-hybridized carbons (Fsp3) is 0.800. The molecule has 4 unspecified atom stereocenters. The van der Waals surface area contributed by atoms with E-state index in [2.05, 4.69) is 33.0 Å². The summed E-state index contributed by atoms with van der Waals surface area (Å²) in [5.74, 6) is 1.57. The van der Waals surface area contributed by atoms with Gasteiger partial charge in [0.15, 0.2) is 0 Å². The fourth-order valence-corrected chi connectivity index (χ4v) is 5.73. The normalized spacial score (nSPS) is 34.4. The van der Waals surface area contributed by atoms with Gasteiger partial charge in [-0.2, -0.15) is 0 Å². The monoisotopic (exact) mass is 363 g/mol. The zero-order valence-corrected chi connectivity index (χ0v) is 16.1. The molecule has 4 rings (SSSR count). The number of piperidine rings is 1. The number of nitrogens with one attached hydrogen (secondary N) is 2. The Morgan fingerprint density at radius 1 is 1.28 bits per heavy atom.